The van der Waals surface area contributed by atoms with Crippen LogP contribution in [-0.4, -0.2) is 46.2 Å². The second-order valence-corrected chi connectivity index (χ2v) is 5.40. The molecule has 5 nitrogen and oxygen atoms in total. The first-order valence-corrected chi connectivity index (χ1v) is 7.35. The van der Waals surface area contributed by atoms with Gasteiger partial charge in [0, 0.05) is 50.3 Å². The van der Waals surface area contributed by atoms with Crippen molar-refractivity contribution in [3.05, 3.63) is 54.4 Å². The van der Waals surface area contributed by atoms with Gasteiger partial charge in [-0.25, -0.2) is 0 Å². The lowest BCUT2D eigenvalue weighted by Gasteiger charge is -2.22. The third kappa shape index (κ3) is 4.31. The number of aromatic nitrogens is 3. The quantitative estimate of drug-likeness (QED) is 0.853. The van der Waals surface area contributed by atoms with E-state index in [0.29, 0.717) is 5.92 Å². The van der Waals surface area contributed by atoms with Crippen LogP contribution in [0.4, 0.5) is 0 Å². The highest BCUT2D eigenvalue weighted by Gasteiger charge is 2.20. The second kappa shape index (κ2) is 7.24. The highest BCUT2D eigenvalue weighted by molar-refractivity contribution is 5.03. The van der Waals surface area contributed by atoms with Crippen LogP contribution in [-0.2, 0) is 17.7 Å². The zero-order chi connectivity index (χ0) is 14.3. The Morgan fingerprint density at radius 3 is 2.90 bits per heavy atom. The summed E-state index contributed by atoms with van der Waals surface area (Å²) in [5.41, 5.74) is 2.14. The summed E-state index contributed by atoms with van der Waals surface area (Å²) >= 11 is 0. The lowest BCUT2D eigenvalue weighted by atomic mass is 10.0. The summed E-state index contributed by atoms with van der Waals surface area (Å²) in [7, 11) is 0. The summed E-state index contributed by atoms with van der Waals surface area (Å²) in [6, 6.07) is 6.06. The van der Waals surface area contributed by atoms with Crippen LogP contribution >= 0.6 is 0 Å². The molecule has 110 valence electrons. The highest BCUT2D eigenvalue weighted by atomic mass is 16.5. The van der Waals surface area contributed by atoms with E-state index < -0.39 is 0 Å². The number of ether oxygens (including phenoxy) is 1. The SMILES string of the molecule is c1ccc(CN2CCOCC(Cc3cnccn3)C2)nc1. The molecular formula is C16H20N4O. The minimum Gasteiger partial charge on any atom is -0.380 e. The van der Waals surface area contributed by atoms with E-state index in [-0.39, 0.29) is 0 Å². The normalized spacial score (nSPS) is 20.1. The molecule has 0 aromatic carbocycles. The van der Waals surface area contributed by atoms with Crippen molar-refractivity contribution in [2.24, 2.45) is 5.92 Å². The minimum atomic E-state index is 0.452. The fourth-order valence-electron chi connectivity index (χ4n) is 2.67. The van der Waals surface area contributed by atoms with E-state index in [0.717, 1.165) is 50.7 Å². The lowest BCUT2D eigenvalue weighted by molar-refractivity contribution is 0.121. The topological polar surface area (TPSA) is 51.1 Å². The second-order valence-electron chi connectivity index (χ2n) is 5.40. The van der Waals surface area contributed by atoms with Gasteiger partial charge >= 0.3 is 0 Å². The molecule has 0 radical (unpaired) electrons. The Balaban J connectivity index is 1.61. The van der Waals surface area contributed by atoms with E-state index in [1.165, 1.54) is 0 Å². The number of nitrogens with zero attached hydrogens (tertiary/aromatic N) is 4. The molecule has 5 heteroatoms. The summed E-state index contributed by atoms with van der Waals surface area (Å²) in [6.45, 7) is 4.40. The molecule has 0 bridgehead atoms. The van der Waals surface area contributed by atoms with Gasteiger partial charge in [0.15, 0.2) is 0 Å². The van der Waals surface area contributed by atoms with Gasteiger partial charge in [-0.3, -0.25) is 19.9 Å². The third-order valence-electron chi connectivity index (χ3n) is 3.65. The first-order chi connectivity index (χ1) is 10.4. The molecular weight excluding hydrogens is 264 g/mol. The van der Waals surface area contributed by atoms with Gasteiger partial charge in [-0.1, -0.05) is 6.07 Å². The van der Waals surface area contributed by atoms with Gasteiger partial charge in [0.1, 0.15) is 0 Å². The average molecular weight is 284 g/mol. The first-order valence-electron chi connectivity index (χ1n) is 7.35. The van der Waals surface area contributed by atoms with Gasteiger partial charge in [-0.2, -0.15) is 0 Å². The van der Waals surface area contributed by atoms with E-state index >= 15 is 0 Å². The van der Waals surface area contributed by atoms with Crippen molar-refractivity contribution in [3.63, 3.8) is 0 Å². The van der Waals surface area contributed by atoms with Gasteiger partial charge < -0.3 is 4.74 Å². The molecule has 1 unspecified atom stereocenters. The standard InChI is InChI=1S/C16H20N4O/c1-2-4-18-15(3-1)12-20-7-8-21-13-14(11-20)9-16-10-17-5-6-19-16/h1-6,10,14H,7-9,11-13H2. The molecule has 2 aromatic rings. The Bertz CT molecular complexity index is 485. The van der Waals surface area contributed by atoms with E-state index in [2.05, 4.69) is 25.9 Å². The molecule has 1 aliphatic rings. The number of rotatable bonds is 4. The van der Waals surface area contributed by atoms with Crippen LogP contribution in [0.15, 0.2) is 43.0 Å². The molecule has 1 atom stereocenters. The maximum absolute atomic E-state index is 5.74. The summed E-state index contributed by atoms with van der Waals surface area (Å²) < 4.78 is 5.74. The van der Waals surface area contributed by atoms with Crippen molar-refractivity contribution in [1.82, 2.24) is 19.9 Å². The van der Waals surface area contributed by atoms with Crippen molar-refractivity contribution in [2.75, 3.05) is 26.3 Å². The van der Waals surface area contributed by atoms with Crippen molar-refractivity contribution in [2.45, 2.75) is 13.0 Å². The third-order valence-corrected chi connectivity index (χ3v) is 3.65. The largest absolute Gasteiger partial charge is 0.380 e. The summed E-state index contributed by atoms with van der Waals surface area (Å²) in [4.78, 5) is 15.3. The molecule has 1 aliphatic heterocycles. The van der Waals surface area contributed by atoms with Crippen LogP contribution in [0.5, 0.6) is 0 Å². The lowest BCUT2D eigenvalue weighted by Crippen LogP contribution is -2.30. The molecule has 3 rings (SSSR count). The van der Waals surface area contributed by atoms with Crippen LogP contribution in [0, 0.1) is 5.92 Å². The minimum absolute atomic E-state index is 0.452. The smallest absolute Gasteiger partial charge is 0.0593 e. The maximum atomic E-state index is 5.74. The molecule has 0 spiro atoms. The fraction of sp³-hybridized carbons (Fsp3) is 0.438. The van der Waals surface area contributed by atoms with Crippen LogP contribution in [0.3, 0.4) is 0 Å². The zero-order valence-corrected chi connectivity index (χ0v) is 12.1. The predicted molar refractivity (Wildman–Crippen MR) is 79.6 cm³/mol. The van der Waals surface area contributed by atoms with Crippen molar-refractivity contribution < 1.29 is 4.74 Å². The number of hydrogen-bond acceptors (Lipinski definition) is 5. The van der Waals surface area contributed by atoms with Gasteiger partial charge in [0.2, 0.25) is 0 Å². The maximum Gasteiger partial charge on any atom is 0.0593 e. The van der Waals surface area contributed by atoms with E-state index in [4.69, 9.17) is 4.74 Å². The van der Waals surface area contributed by atoms with Crippen LogP contribution < -0.4 is 0 Å². The Morgan fingerprint density at radius 1 is 1.14 bits per heavy atom. The monoisotopic (exact) mass is 284 g/mol. The van der Waals surface area contributed by atoms with Crippen LogP contribution in [0.25, 0.3) is 0 Å². The highest BCUT2D eigenvalue weighted by Crippen LogP contribution is 2.14. The summed E-state index contributed by atoms with van der Waals surface area (Å²) in [5, 5.41) is 0. The average Bonchev–Trinajstić information content (AvgIpc) is 2.74. The summed E-state index contributed by atoms with van der Waals surface area (Å²) in [5.74, 6) is 0.452. The van der Waals surface area contributed by atoms with Crippen LogP contribution in [0.1, 0.15) is 11.4 Å². The summed E-state index contributed by atoms with van der Waals surface area (Å²) in [6.07, 6.45) is 8.06. The van der Waals surface area contributed by atoms with Crippen molar-refractivity contribution in [3.8, 4) is 0 Å². The Labute approximate surface area is 125 Å². The molecule has 0 saturated carbocycles. The van der Waals surface area contributed by atoms with E-state index in [1.807, 2.05) is 24.5 Å². The Morgan fingerprint density at radius 2 is 2.10 bits per heavy atom. The molecule has 1 fully saturated rings. The molecule has 3 heterocycles. The van der Waals surface area contributed by atoms with Crippen molar-refractivity contribution >= 4 is 0 Å². The first kappa shape index (κ1) is 14.1. The molecule has 2 aromatic heterocycles. The van der Waals surface area contributed by atoms with E-state index in [1.54, 1.807) is 12.4 Å². The van der Waals surface area contributed by atoms with Crippen LogP contribution in [0.2, 0.25) is 0 Å². The van der Waals surface area contributed by atoms with E-state index in [9.17, 15) is 0 Å². The molecule has 0 aliphatic carbocycles. The van der Waals surface area contributed by atoms with Gasteiger partial charge in [-0.15, -0.1) is 0 Å². The van der Waals surface area contributed by atoms with Gasteiger partial charge in [-0.05, 0) is 18.6 Å². The number of hydrogen-bond donors (Lipinski definition) is 0. The molecule has 0 N–H and O–H groups in total. The molecule has 1 saturated heterocycles. The van der Waals surface area contributed by atoms with Crippen molar-refractivity contribution in [1.29, 1.82) is 0 Å². The molecule has 0 amide bonds. The Kier molecular flexibility index (Phi) is 4.86. The molecule has 21 heavy (non-hydrogen) atoms. The number of pyridine rings is 1. The fourth-order valence-corrected chi connectivity index (χ4v) is 2.67. The zero-order valence-electron chi connectivity index (χ0n) is 12.1. The Hall–Kier alpha value is -1.85. The van der Waals surface area contributed by atoms with Gasteiger partial charge in [0.05, 0.1) is 24.6 Å². The van der Waals surface area contributed by atoms with Gasteiger partial charge in [0.25, 0.3) is 0 Å². The predicted octanol–water partition coefficient (Wildman–Crippen LogP) is 1.56.